The fourth-order valence-corrected chi connectivity index (χ4v) is 2.50. The minimum Gasteiger partial charge on any atom is -0.0879 e. The van der Waals surface area contributed by atoms with Crippen LogP contribution in [0.15, 0.2) is 8.96 Å². The van der Waals surface area contributed by atoms with Gasteiger partial charge in [0.2, 0.25) is 0 Å². The van der Waals surface area contributed by atoms with Gasteiger partial charge in [0.05, 0.1) is 3.39 Å². The van der Waals surface area contributed by atoms with Crippen molar-refractivity contribution in [1.29, 1.82) is 0 Å². The third kappa shape index (κ3) is 4.57. The van der Waals surface area contributed by atoms with Crippen LogP contribution in [0.3, 0.4) is 0 Å². The first kappa shape index (κ1) is 10.2. The second kappa shape index (κ2) is 5.93. The zero-order chi connectivity index (χ0) is 7.28. The monoisotopic (exact) mass is 318 g/mol. The molecule has 3 heteroatoms. The maximum atomic E-state index is 3.40. The van der Waals surface area contributed by atoms with Crippen LogP contribution in [0.4, 0.5) is 0 Å². The van der Waals surface area contributed by atoms with E-state index in [9.17, 15) is 0 Å². The Hall–Kier alpha value is 1.18. The van der Waals surface area contributed by atoms with Crippen LogP contribution in [0.5, 0.6) is 0 Å². The number of alkyl halides is 1. The zero-order valence-corrected chi connectivity index (χ0v) is 10.0. The van der Waals surface area contributed by atoms with Crippen molar-refractivity contribution in [2.75, 3.05) is 5.33 Å². The number of halogens is 3. The van der Waals surface area contributed by atoms with Gasteiger partial charge in [-0.1, -0.05) is 29.3 Å². The van der Waals surface area contributed by atoms with Crippen molar-refractivity contribution < 1.29 is 0 Å². The largest absolute Gasteiger partial charge is 0.0879 e. The highest BCUT2D eigenvalue weighted by Crippen LogP contribution is 2.23. The Morgan fingerprint density at radius 3 is 2.00 bits per heavy atom. The van der Waals surface area contributed by atoms with Gasteiger partial charge in [-0.05, 0) is 43.9 Å². The molecule has 0 aromatic rings. The summed E-state index contributed by atoms with van der Waals surface area (Å²) in [6.45, 7) is 2.17. The van der Waals surface area contributed by atoms with E-state index in [0.29, 0.717) is 0 Å². The van der Waals surface area contributed by atoms with E-state index in [1.165, 1.54) is 12.0 Å². The molecule has 0 amide bonds. The van der Waals surface area contributed by atoms with E-state index < -0.39 is 0 Å². The molecule has 0 aliphatic heterocycles. The Kier molecular flexibility index (Phi) is 6.70. The van der Waals surface area contributed by atoms with Gasteiger partial charge in [-0.3, -0.25) is 0 Å². The average molecular weight is 321 g/mol. The van der Waals surface area contributed by atoms with E-state index in [1.807, 2.05) is 0 Å². The Bertz CT molecular complexity index is 103. The van der Waals surface area contributed by atoms with Gasteiger partial charge in [-0.25, -0.2) is 0 Å². The predicted molar refractivity (Wildman–Crippen MR) is 53.6 cm³/mol. The van der Waals surface area contributed by atoms with Gasteiger partial charge < -0.3 is 0 Å². The summed E-state index contributed by atoms with van der Waals surface area (Å²) in [6, 6.07) is 0. The van der Waals surface area contributed by atoms with Crippen molar-refractivity contribution in [3.8, 4) is 0 Å². The molecule has 0 atom stereocenters. The molecule has 0 aliphatic rings. The lowest BCUT2D eigenvalue weighted by Gasteiger charge is -1.99. The van der Waals surface area contributed by atoms with E-state index in [4.69, 9.17) is 0 Å². The minimum atomic E-state index is 0.951. The molecule has 0 unspecified atom stereocenters. The highest BCUT2D eigenvalue weighted by molar-refractivity contribution is 9.28. The maximum absolute atomic E-state index is 3.40. The minimum absolute atomic E-state index is 0.951. The van der Waals surface area contributed by atoms with Crippen molar-refractivity contribution in [2.24, 2.45) is 0 Å². The maximum Gasteiger partial charge on any atom is 0.0604 e. The van der Waals surface area contributed by atoms with Crippen LogP contribution in [0.25, 0.3) is 0 Å². The van der Waals surface area contributed by atoms with Crippen LogP contribution in [0.2, 0.25) is 0 Å². The molecule has 0 radical (unpaired) electrons. The molecule has 0 bridgehead atoms. The Morgan fingerprint density at radius 2 is 1.89 bits per heavy atom. The summed E-state index contributed by atoms with van der Waals surface area (Å²) in [5, 5.41) is 0.951. The summed E-state index contributed by atoms with van der Waals surface area (Å²) < 4.78 is 1.09. The van der Waals surface area contributed by atoms with Crippen LogP contribution >= 0.6 is 47.8 Å². The van der Waals surface area contributed by atoms with Crippen molar-refractivity contribution in [3.63, 3.8) is 0 Å². The van der Waals surface area contributed by atoms with Crippen LogP contribution in [-0.2, 0) is 0 Å². The van der Waals surface area contributed by atoms with Crippen molar-refractivity contribution in [2.45, 2.75) is 19.8 Å². The van der Waals surface area contributed by atoms with E-state index in [0.717, 1.165) is 15.1 Å². The summed E-state index contributed by atoms with van der Waals surface area (Å²) >= 11 is 10.1. The quantitative estimate of drug-likeness (QED) is 0.684. The lowest BCUT2D eigenvalue weighted by Crippen LogP contribution is -1.83. The zero-order valence-electron chi connectivity index (χ0n) is 5.26. The predicted octanol–water partition coefficient (Wildman–Crippen LogP) is 4.18. The molecule has 0 fully saturated rings. The Balaban J connectivity index is 3.83. The molecule has 0 nitrogen and oxygen atoms in total. The standard InChI is InChI=1S/C6H9Br3/c1-2-3-5(4-7)6(8)9/h2-4H2,1H3. The van der Waals surface area contributed by atoms with Gasteiger partial charge in [-0.15, -0.1) is 0 Å². The fourth-order valence-electron chi connectivity index (χ4n) is 0.514. The van der Waals surface area contributed by atoms with E-state index in [2.05, 4.69) is 54.7 Å². The molecule has 9 heavy (non-hydrogen) atoms. The molecule has 0 aliphatic carbocycles. The summed E-state index contributed by atoms with van der Waals surface area (Å²) in [5.41, 5.74) is 1.39. The topological polar surface area (TPSA) is 0 Å². The van der Waals surface area contributed by atoms with Gasteiger partial charge in [-0.2, -0.15) is 0 Å². The molecule has 0 aromatic carbocycles. The second-order valence-corrected chi connectivity index (χ2v) is 4.96. The van der Waals surface area contributed by atoms with Crippen molar-refractivity contribution in [3.05, 3.63) is 8.96 Å². The van der Waals surface area contributed by atoms with Crippen LogP contribution in [-0.4, -0.2) is 5.33 Å². The molecule has 0 rings (SSSR count). The van der Waals surface area contributed by atoms with E-state index in [1.54, 1.807) is 0 Å². The van der Waals surface area contributed by atoms with Gasteiger partial charge in [0.15, 0.2) is 0 Å². The van der Waals surface area contributed by atoms with E-state index >= 15 is 0 Å². The summed E-state index contributed by atoms with van der Waals surface area (Å²) in [5.74, 6) is 0. The molecule has 0 N–H and O–H groups in total. The second-order valence-electron chi connectivity index (χ2n) is 1.75. The first-order valence-corrected chi connectivity index (χ1v) is 5.52. The molecule has 0 saturated carbocycles. The highest BCUT2D eigenvalue weighted by atomic mass is 79.9. The first-order valence-electron chi connectivity index (χ1n) is 2.81. The number of hydrogen-bond acceptors (Lipinski definition) is 0. The molecule has 54 valence electrons. The number of hydrogen-bond donors (Lipinski definition) is 0. The summed E-state index contributed by atoms with van der Waals surface area (Å²) in [7, 11) is 0. The lowest BCUT2D eigenvalue weighted by atomic mass is 10.2. The summed E-state index contributed by atoms with van der Waals surface area (Å²) in [4.78, 5) is 0. The fraction of sp³-hybridized carbons (Fsp3) is 0.667. The van der Waals surface area contributed by atoms with Crippen molar-refractivity contribution >= 4 is 47.8 Å². The van der Waals surface area contributed by atoms with Crippen LogP contribution in [0.1, 0.15) is 19.8 Å². The Labute approximate surface area is 81.5 Å². The normalized spacial score (nSPS) is 9.33. The molecule has 0 heterocycles. The van der Waals surface area contributed by atoms with Crippen LogP contribution in [0, 0.1) is 0 Å². The molecule has 0 saturated heterocycles. The first-order chi connectivity index (χ1) is 4.22. The van der Waals surface area contributed by atoms with Gasteiger partial charge in [0, 0.05) is 5.33 Å². The number of rotatable bonds is 3. The molecular weight excluding hydrogens is 312 g/mol. The molecule has 0 spiro atoms. The van der Waals surface area contributed by atoms with Gasteiger partial charge in [0.1, 0.15) is 0 Å². The van der Waals surface area contributed by atoms with Crippen molar-refractivity contribution in [1.82, 2.24) is 0 Å². The third-order valence-corrected chi connectivity index (χ3v) is 2.78. The summed E-state index contributed by atoms with van der Waals surface area (Å²) in [6.07, 6.45) is 2.35. The third-order valence-electron chi connectivity index (χ3n) is 0.980. The average Bonchev–Trinajstić information content (AvgIpc) is 1.82. The SMILES string of the molecule is CCCC(CBr)=C(Br)Br. The van der Waals surface area contributed by atoms with Crippen LogP contribution < -0.4 is 0 Å². The van der Waals surface area contributed by atoms with Gasteiger partial charge in [0.25, 0.3) is 0 Å². The smallest absolute Gasteiger partial charge is 0.0604 e. The van der Waals surface area contributed by atoms with Gasteiger partial charge >= 0.3 is 0 Å². The molecular formula is C6H9Br3. The highest BCUT2D eigenvalue weighted by Gasteiger charge is 1.96. The lowest BCUT2D eigenvalue weighted by molar-refractivity contribution is 0.912. The Morgan fingerprint density at radius 1 is 1.33 bits per heavy atom. The van der Waals surface area contributed by atoms with E-state index in [-0.39, 0.29) is 0 Å². The number of allylic oxidation sites excluding steroid dienone is 1. The molecule has 0 aromatic heterocycles.